The van der Waals surface area contributed by atoms with Crippen LogP contribution < -0.4 is 0 Å². The van der Waals surface area contributed by atoms with Crippen molar-refractivity contribution in [2.75, 3.05) is 33.0 Å². The highest BCUT2D eigenvalue weighted by Gasteiger charge is 2.28. The number of thiocarbonyl (C=S) groups is 1. The van der Waals surface area contributed by atoms with Crippen LogP contribution in [0.2, 0.25) is 0 Å². The van der Waals surface area contributed by atoms with E-state index in [0.29, 0.717) is 0 Å². The molecule has 2 bridgehead atoms. The van der Waals surface area contributed by atoms with Crippen molar-refractivity contribution in [3.63, 3.8) is 0 Å². The summed E-state index contributed by atoms with van der Waals surface area (Å²) in [5.74, 6) is 0. The summed E-state index contributed by atoms with van der Waals surface area (Å²) >= 11 is 5.33. The molecule has 4 heteroatoms. The van der Waals surface area contributed by atoms with Crippen LogP contribution in [0.15, 0.2) is 0 Å². The van der Waals surface area contributed by atoms with Gasteiger partial charge in [-0.05, 0) is 25.2 Å². The van der Waals surface area contributed by atoms with E-state index in [1.165, 1.54) is 6.42 Å². The standard InChI is InChI=1S/C8H15N3S/c1-2-9-6-10-4-3-5-11(7-9)8(10)12/h2-7H2,1H3. The summed E-state index contributed by atoms with van der Waals surface area (Å²) in [7, 11) is 0. The number of rotatable bonds is 1. The molecule has 2 aliphatic heterocycles. The van der Waals surface area contributed by atoms with E-state index in [-0.39, 0.29) is 0 Å². The van der Waals surface area contributed by atoms with Crippen LogP contribution in [-0.2, 0) is 0 Å². The molecule has 2 fully saturated rings. The molecule has 68 valence electrons. The molecule has 0 saturated carbocycles. The molecule has 3 nitrogen and oxygen atoms in total. The van der Waals surface area contributed by atoms with Gasteiger partial charge in [0.15, 0.2) is 5.11 Å². The van der Waals surface area contributed by atoms with Gasteiger partial charge in [0.05, 0.1) is 13.3 Å². The van der Waals surface area contributed by atoms with Crippen LogP contribution in [0.5, 0.6) is 0 Å². The first-order valence-electron chi connectivity index (χ1n) is 4.57. The number of hydrogen-bond acceptors (Lipinski definition) is 2. The molecule has 12 heavy (non-hydrogen) atoms. The Morgan fingerprint density at radius 1 is 1.25 bits per heavy atom. The molecule has 0 atom stereocenters. The van der Waals surface area contributed by atoms with Crippen molar-refractivity contribution in [1.82, 2.24) is 14.7 Å². The molecule has 0 radical (unpaired) electrons. The Morgan fingerprint density at radius 3 is 2.33 bits per heavy atom. The van der Waals surface area contributed by atoms with E-state index >= 15 is 0 Å². The maximum Gasteiger partial charge on any atom is 0.173 e. The van der Waals surface area contributed by atoms with E-state index in [9.17, 15) is 0 Å². The third-order valence-corrected chi connectivity index (χ3v) is 3.10. The Morgan fingerprint density at radius 2 is 1.83 bits per heavy atom. The van der Waals surface area contributed by atoms with Gasteiger partial charge in [-0.1, -0.05) is 6.92 Å². The second-order valence-corrected chi connectivity index (χ2v) is 3.80. The maximum atomic E-state index is 5.33. The number of nitrogens with zero attached hydrogens (tertiary/aromatic N) is 3. The monoisotopic (exact) mass is 185 g/mol. The summed E-state index contributed by atoms with van der Waals surface area (Å²) < 4.78 is 0. The highest BCUT2D eigenvalue weighted by Crippen LogP contribution is 2.15. The topological polar surface area (TPSA) is 9.72 Å². The predicted molar refractivity (Wildman–Crippen MR) is 52.7 cm³/mol. The molecular formula is C8H15N3S. The van der Waals surface area contributed by atoms with E-state index in [2.05, 4.69) is 21.6 Å². The van der Waals surface area contributed by atoms with Crippen LogP contribution >= 0.6 is 12.2 Å². The van der Waals surface area contributed by atoms with E-state index < -0.39 is 0 Å². The largest absolute Gasteiger partial charge is 0.336 e. The van der Waals surface area contributed by atoms with Crippen molar-refractivity contribution in [2.24, 2.45) is 0 Å². The highest BCUT2D eigenvalue weighted by atomic mass is 32.1. The molecule has 0 aromatic rings. The van der Waals surface area contributed by atoms with Crippen molar-refractivity contribution in [3.05, 3.63) is 0 Å². The molecule has 0 aromatic carbocycles. The highest BCUT2D eigenvalue weighted by molar-refractivity contribution is 7.80. The minimum Gasteiger partial charge on any atom is -0.336 e. The van der Waals surface area contributed by atoms with Gasteiger partial charge in [-0.25, -0.2) is 0 Å². The van der Waals surface area contributed by atoms with Crippen molar-refractivity contribution < 1.29 is 0 Å². The fraction of sp³-hybridized carbons (Fsp3) is 0.875. The lowest BCUT2D eigenvalue weighted by atomic mass is 10.3. The van der Waals surface area contributed by atoms with Gasteiger partial charge in [-0.2, -0.15) is 0 Å². The smallest absolute Gasteiger partial charge is 0.173 e. The van der Waals surface area contributed by atoms with Gasteiger partial charge in [0.25, 0.3) is 0 Å². The minimum absolute atomic E-state index is 1.03. The predicted octanol–water partition coefficient (Wildman–Crippen LogP) is 0.530. The molecule has 0 unspecified atom stereocenters. The molecule has 0 aliphatic carbocycles. The second-order valence-electron chi connectivity index (χ2n) is 3.43. The van der Waals surface area contributed by atoms with Crippen molar-refractivity contribution in [1.29, 1.82) is 0 Å². The van der Waals surface area contributed by atoms with Crippen LogP contribution in [0, 0.1) is 0 Å². The average Bonchev–Trinajstić information content (AvgIpc) is 2.04. The summed E-state index contributed by atoms with van der Waals surface area (Å²) in [6, 6.07) is 0. The summed E-state index contributed by atoms with van der Waals surface area (Å²) in [5, 5.41) is 1.06. The van der Waals surface area contributed by atoms with Gasteiger partial charge < -0.3 is 9.80 Å². The number of hydrogen-bond donors (Lipinski definition) is 0. The van der Waals surface area contributed by atoms with Gasteiger partial charge in [0, 0.05) is 13.1 Å². The van der Waals surface area contributed by atoms with Gasteiger partial charge in [-0.15, -0.1) is 0 Å². The summed E-state index contributed by atoms with van der Waals surface area (Å²) in [6.07, 6.45) is 1.26. The second kappa shape index (κ2) is 3.18. The minimum atomic E-state index is 1.03. The van der Waals surface area contributed by atoms with Crippen LogP contribution in [0.4, 0.5) is 0 Å². The Kier molecular flexibility index (Phi) is 2.19. The van der Waals surface area contributed by atoms with Gasteiger partial charge >= 0.3 is 0 Å². The van der Waals surface area contributed by atoms with Crippen molar-refractivity contribution >= 4 is 17.3 Å². The van der Waals surface area contributed by atoms with E-state index in [0.717, 1.165) is 38.1 Å². The zero-order valence-electron chi connectivity index (χ0n) is 7.49. The molecule has 2 aliphatic rings. The Hall–Kier alpha value is -0.350. The van der Waals surface area contributed by atoms with Crippen LogP contribution in [-0.4, -0.2) is 52.8 Å². The lowest BCUT2D eigenvalue weighted by Gasteiger charge is -2.47. The summed E-state index contributed by atoms with van der Waals surface area (Å²) in [5.41, 5.74) is 0. The van der Waals surface area contributed by atoms with Gasteiger partial charge in [-0.3, -0.25) is 4.90 Å². The first kappa shape index (κ1) is 8.26. The molecule has 0 aromatic heterocycles. The Balaban J connectivity index is 2.07. The number of fused-ring (bicyclic) bond motifs is 2. The fourth-order valence-electron chi connectivity index (χ4n) is 1.83. The molecule has 0 N–H and O–H groups in total. The molecule has 0 amide bonds. The maximum absolute atomic E-state index is 5.33. The zero-order valence-corrected chi connectivity index (χ0v) is 8.31. The Bertz CT molecular complexity index is 179. The first-order chi connectivity index (χ1) is 5.81. The van der Waals surface area contributed by atoms with Gasteiger partial charge in [0.2, 0.25) is 0 Å². The first-order valence-corrected chi connectivity index (χ1v) is 4.98. The average molecular weight is 185 g/mol. The normalized spacial score (nSPS) is 24.9. The summed E-state index contributed by atoms with van der Waals surface area (Å²) in [4.78, 5) is 7.01. The molecule has 2 rings (SSSR count). The molecular weight excluding hydrogens is 170 g/mol. The van der Waals surface area contributed by atoms with Crippen molar-refractivity contribution in [3.8, 4) is 0 Å². The van der Waals surface area contributed by atoms with Crippen molar-refractivity contribution in [2.45, 2.75) is 13.3 Å². The lowest BCUT2D eigenvalue weighted by Crippen LogP contribution is -2.61. The van der Waals surface area contributed by atoms with Crippen LogP contribution in [0.3, 0.4) is 0 Å². The quantitative estimate of drug-likeness (QED) is 0.551. The SMILES string of the molecule is CCN1CN2CCCN(C1)C2=S. The van der Waals surface area contributed by atoms with E-state index in [4.69, 9.17) is 12.2 Å². The Labute approximate surface area is 78.9 Å². The van der Waals surface area contributed by atoms with Crippen LogP contribution in [0.25, 0.3) is 0 Å². The molecule has 0 spiro atoms. The fourth-order valence-corrected chi connectivity index (χ4v) is 2.13. The zero-order chi connectivity index (χ0) is 8.55. The van der Waals surface area contributed by atoms with E-state index in [1.807, 2.05) is 0 Å². The third kappa shape index (κ3) is 1.29. The summed E-state index contributed by atoms with van der Waals surface area (Å²) in [6.45, 7) is 7.68. The van der Waals surface area contributed by atoms with E-state index in [1.54, 1.807) is 0 Å². The third-order valence-electron chi connectivity index (χ3n) is 2.59. The lowest BCUT2D eigenvalue weighted by molar-refractivity contribution is 0.0624. The molecule has 2 saturated heterocycles. The van der Waals surface area contributed by atoms with Gasteiger partial charge in [0.1, 0.15) is 0 Å². The molecule has 2 heterocycles. The van der Waals surface area contributed by atoms with Crippen LogP contribution in [0.1, 0.15) is 13.3 Å².